The van der Waals surface area contributed by atoms with Gasteiger partial charge in [0.05, 0.1) is 0 Å². The van der Waals surface area contributed by atoms with Crippen molar-refractivity contribution in [2.45, 2.75) is 26.4 Å². The van der Waals surface area contributed by atoms with Crippen molar-refractivity contribution in [2.75, 3.05) is 0 Å². The van der Waals surface area contributed by atoms with E-state index in [1.54, 1.807) is 17.4 Å². The Balaban J connectivity index is 1.98. The van der Waals surface area contributed by atoms with E-state index >= 15 is 0 Å². The minimum Gasteiger partial charge on any atom is -0.366 e. The molecule has 4 heteroatoms. The van der Waals surface area contributed by atoms with E-state index in [0.717, 1.165) is 12.1 Å². The van der Waals surface area contributed by atoms with Crippen LogP contribution in [0.25, 0.3) is 0 Å². The molecule has 0 fully saturated rings. The molecule has 0 aliphatic heterocycles. The largest absolute Gasteiger partial charge is 0.366 e. The maximum absolute atomic E-state index is 11.1. The summed E-state index contributed by atoms with van der Waals surface area (Å²) in [7, 11) is 0. The topological polar surface area (TPSA) is 55.1 Å². The molecule has 1 aromatic heterocycles. The van der Waals surface area contributed by atoms with Crippen molar-refractivity contribution in [1.82, 2.24) is 5.32 Å². The maximum Gasteiger partial charge on any atom is 0.248 e. The molecule has 0 saturated carbocycles. The minimum absolute atomic E-state index is 0.302. The SMILES string of the molecule is Cc1ccc(C(C)NCc2cccc(C(N)=O)c2)s1. The minimum atomic E-state index is -0.385. The first kappa shape index (κ1) is 13.8. The van der Waals surface area contributed by atoms with Gasteiger partial charge in [0.2, 0.25) is 5.91 Å². The summed E-state index contributed by atoms with van der Waals surface area (Å²) >= 11 is 1.80. The molecule has 1 unspecified atom stereocenters. The highest BCUT2D eigenvalue weighted by Crippen LogP contribution is 2.22. The van der Waals surface area contributed by atoms with E-state index in [-0.39, 0.29) is 5.91 Å². The summed E-state index contributed by atoms with van der Waals surface area (Å²) in [5.41, 5.74) is 6.90. The molecule has 19 heavy (non-hydrogen) atoms. The predicted octanol–water partition coefficient (Wildman–Crippen LogP) is 3.01. The Morgan fingerprint density at radius 2 is 2.16 bits per heavy atom. The third-order valence-electron chi connectivity index (χ3n) is 3.01. The van der Waals surface area contributed by atoms with Gasteiger partial charge in [0, 0.05) is 27.9 Å². The lowest BCUT2D eigenvalue weighted by Gasteiger charge is -2.12. The van der Waals surface area contributed by atoms with Gasteiger partial charge in [-0.25, -0.2) is 0 Å². The standard InChI is InChI=1S/C15H18N2OS/c1-10-6-7-14(19-10)11(2)17-9-12-4-3-5-13(8-12)15(16)18/h3-8,11,17H,9H2,1-2H3,(H2,16,18). The molecule has 1 heterocycles. The van der Waals surface area contributed by atoms with Crippen molar-refractivity contribution < 1.29 is 4.79 Å². The number of amides is 1. The van der Waals surface area contributed by atoms with Crippen LogP contribution in [-0.4, -0.2) is 5.91 Å². The molecular formula is C15H18N2OS. The van der Waals surface area contributed by atoms with Crippen molar-refractivity contribution in [3.05, 3.63) is 57.3 Å². The molecule has 1 aromatic carbocycles. The quantitative estimate of drug-likeness (QED) is 0.880. The smallest absolute Gasteiger partial charge is 0.248 e. The summed E-state index contributed by atoms with van der Waals surface area (Å²) in [6, 6.07) is 12.0. The van der Waals surface area contributed by atoms with E-state index in [1.807, 2.05) is 18.2 Å². The number of thiophene rings is 1. The fraction of sp³-hybridized carbons (Fsp3) is 0.267. The first-order valence-electron chi connectivity index (χ1n) is 6.24. The van der Waals surface area contributed by atoms with Gasteiger partial charge in [0.15, 0.2) is 0 Å². The van der Waals surface area contributed by atoms with Gasteiger partial charge in [-0.1, -0.05) is 12.1 Å². The van der Waals surface area contributed by atoms with Crippen LogP contribution in [-0.2, 0) is 6.54 Å². The third kappa shape index (κ3) is 3.66. The molecular weight excluding hydrogens is 256 g/mol. The van der Waals surface area contributed by atoms with Crippen molar-refractivity contribution in [3.8, 4) is 0 Å². The van der Waals surface area contributed by atoms with Gasteiger partial charge in [-0.3, -0.25) is 4.79 Å². The number of carbonyl (C=O) groups excluding carboxylic acids is 1. The molecule has 100 valence electrons. The molecule has 0 spiro atoms. The highest BCUT2D eigenvalue weighted by Gasteiger charge is 2.07. The molecule has 0 bridgehead atoms. The first-order valence-corrected chi connectivity index (χ1v) is 7.06. The van der Waals surface area contributed by atoms with Crippen LogP contribution in [0.5, 0.6) is 0 Å². The Kier molecular flexibility index (Phi) is 4.35. The van der Waals surface area contributed by atoms with Crippen LogP contribution >= 0.6 is 11.3 Å². The van der Waals surface area contributed by atoms with Crippen LogP contribution in [0.2, 0.25) is 0 Å². The number of benzene rings is 1. The Morgan fingerprint density at radius 1 is 1.37 bits per heavy atom. The van der Waals surface area contributed by atoms with E-state index in [1.165, 1.54) is 9.75 Å². The highest BCUT2D eigenvalue weighted by molar-refractivity contribution is 7.12. The molecule has 1 amide bonds. The molecule has 0 aliphatic carbocycles. The summed E-state index contributed by atoms with van der Waals surface area (Å²) < 4.78 is 0. The summed E-state index contributed by atoms with van der Waals surface area (Å²) in [4.78, 5) is 13.8. The highest BCUT2D eigenvalue weighted by atomic mass is 32.1. The molecule has 2 aromatic rings. The van der Waals surface area contributed by atoms with E-state index in [2.05, 4.69) is 31.3 Å². The van der Waals surface area contributed by atoms with E-state index in [4.69, 9.17) is 5.73 Å². The van der Waals surface area contributed by atoms with Gasteiger partial charge in [-0.05, 0) is 43.7 Å². The number of hydrogen-bond acceptors (Lipinski definition) is 3. The van der Waals surface area contributed by atoms with Crippen LogP contribution in [0.3, 0.4) is 0 Å². The summed E-state index contributed by atoms with van der Waals surface area (Å²) in [5.74, 6) is -0.385. The monoisotopic (exact) mass is 274 g/mol. The van der Waals surface area contributed by atoms with E-state index in [0.29, 0.717) is 11.6 Å². The van der Waals surface area contributed by atoms with Crippen LogP contribution in [0.4, 0.5) is 0 Å². The Hall–Kier alpha value is -1.65. The number of primary amides is 1. The summed E-state index contributed by atoms with van der Waals surface area (Å²) in [6.07, 6.45) is 0. The van der Waals surface area contributed by atoms with Crippen LogP contribution in [0, 0.1) is 6.92 Å². The third-order valence-corrected chi connectivity index (χ3v) is 4.20. The lowest BCUT2D eigenvalue weighted by atomic mass is 10.1. The summed E-state index contributed by atoms with van der Waals surface area (Å²) in [6.45, 7) is 4.97. The van der Waals surface area contributed by atoms with Crippen LogP contribution < -0.4 is 11.1 Å². The zero-order chi connectivity index (χ0) is 13.8. The molecule has 0 radical (unpaired) electrons. The fourth-order valence-electron chi connectivity index (χ4n) is 1.89. The van der Waals surface area contributed by atoms with Crippen molar-refractivity contribution in [1.29, 1.82) is 0 Å². The zero-order valence-corrected chi connectivity index (χ0v) is 12.0. The zero-order valence-electron chi connectivity index (χ0n) is 11.1. The molecule has 0 aliphatic rings. The normalized spacial score (nSPS) is 12.3. The van der Waals surface area contributed by atoms with Crippen LogP contribution in [0.1, 0.15) is 38.6 Å². The lowest BCUT2D eigenvalue weighted by Crippen LogP contribution is -2.18. The average molecular weight is 274 g/mol. The van der Waals surface area contributed by atoms with E-state index < -0.39 is 0 Å². The van der Waals surface area contributed by atoms with Crippen LogP contribution in [0.15, 0.2) is 36.4 Å². The number of nitrogens with one attached hydrogen (secondary N) is 1. The number of rotatable bonds is 5. The number of aryl methyl sites for hydroxylation is 1. The molecule has 3 nitrogen and oxygen atoms in total. The Morgan fingerprint density at radius 3 is 2.79 bits per heavy atom. The van der Waals surface area contributed by atoms with E-state index in [9.17, 15) is 4.79 Å². The molecule has 0 saturated heterocycles. The maximum atomic E-state index is 11.1. The number of carbonyl (C=O) groups is 1. The molecule has 2 rings (SSSR count). The van der Waals surface area contributed by atoms with Crippen molar-refractivity contribution >= 4 is 17.2 Å². The number of nitrogens with two attached hydrogens (primary N) is 1. The predicted molar refractivity (Wildman–Crippen MR) is 79.3 cm³/mol. The fourth-order valence-corrected chi connectivity index (χ4v) is 2.80. The second-order valence-corrected chi connectivity index (χ2v) is 5.94. The van der Waals surface area contributed by atoms with Gasteiger partial charge < -0.3 is 11.1 Å². The van der Waals surface area contributed by atoms with Gasteiger partial charge in [-0.2, -0.15) is 0 Å². The second kappa shape index (κ2) is 5.99. The molecule has 1 atom stereocenters. The molecule has 3 N–H and O–H groups in total. The first-order chi connectivity index (χ1) is 9.06. The van der Waals surface area contributed by atoms with Gasteiger partial charge in [0.25, 0.3) is 0 Å². The second-order valence-electron chi connectivity index (χ2n) is 4.62. The van der Waals surface area contributed by atoms with Crippen molar-refractivity contribution in [2.24, 2.45) is 5.73 Å². The van der Waals surface area contributed by atoms with Gasteiger partial charge >= 0.3 is 0 Å². The lowest BCUT2D eigenvalue weighted by molar-refractivity contribution is 0.1000. The van der Waals surface area contributed by atoms with Gasteiger partial charge in [0.1, 0.15) is 0 Å². The summed E-state index contributed by atoms with van der Waals surface area (Å²) in [5, 5.41) is 3.45. The Labute approximate surface area is 117 Å². The van der Waals surface area contributed by atoms with Crippen molar-refractivity contribution in [3.63, 3.8) is 0 Å². The Bertz CT molecular complexity index is 577. The average Bonchev–Trinajstić information content (AvgIpc) is 2.83. The number of hydrogen-bond donors (Lipinski definition) is 2. The van der Waals surface area contributed by atoms with Gasteiger partial charge in [-0.15, -0.1) is 11.3 Å².